The van der Waals surface area contributed by atoms with Crippen LogP contribution in [0, 0.1) is 11.3 Å². The van der Waals surface area contributed by atoms with Crippen molar-refractivity contribution in [2.75, 3.05) is 5.73 Å². The second kappa shape index (κ2) is 5.46. The zero-order chi connectivity index (χ0) is 17.4. The van der Waals surface area contributed by atoms with Crippen LogP contribution in [-0.2, 0) is 12.4 Å². The van der Waals surface area contributed by atoms with Crippen molar-refractivity contribution >= 4 is 5.69 Å². The van der Waals surface area contributed by atoms with Gasteiger partial charge in [-0.25, -0.2) is 4.98 Å². The van der Waals surface area contributed by atoms with E-state index >= 15 is 0 Å². The Morgan fingerprint density at radius 2 is 1.43 bits per heavy atom. The van der Waals surface area contributed by atoms with Gasteiger partial charge in [0.15, 0.2) is 5.69 Å². The molecule has 1 heterocycles. The van der Waals surface area contributed by atoms with E-state index in [0.717, 1.165) is 6.07 Å². The average molecular weight is 331 g/mol. The van der Waals surface area contributed by atoms with Crippen LogP contribution in [0.2, 0.25) is 0 Å². The summed E-state index contributed by atoms with van der Waals surface area (Å²) in [6.07, 6.45) is -9.91. The van der Waals surface area contributed by atoms with Crippen LogP contribution >= 0.6 is 0 Å². The first-order valence-corrected chi connectivity index (χ1v) is 5.99. The number of aromatic nitrogens is 1. The van der Waals surface area contributed by atoms with Gasteiger partial charge in [0.1, 0.15) is 6.07 Å². The highest BCUT2D eigenvalue weighted by molar-refractivity contribution is 5.65. The molecule has 1 aromatic heterocycles. The summed E-state index contributed by atoms with van der Waals surface area (Å²) in [6, 6.07) is 5.04. The van der Waals surface area contributed by atoms with Crippen molar-refractivity contribution in [2.45, 2.75) is 12.4 Å². The van der Waals surface area contributed by atoms with E-state index in [-0.39, 0.29) is 23.1 Å². The molecule has 0 bridgehead atoms. The van der Waals surface area contributed by atoms with Gasteiger partial charge in [0, 0.05) is 5.56 Å². The highest BCUT2D eigenvalue weighted by Gasteiger charge is 2.37. The summed E-state index contributed by atoms with van der Waals surface area (Å²) in [5.74, 6) is 0. The fraction of sp³-hybridized carbons (Fsp3) is 0.143. The summed E-state index contributed by atoms with van der Waals surface area (Å²) in [5.41, 5.74) is 1.57. The number of benzene rings is 1. The summed E-state index contributed by atoms with van der Waals surface area (Å²) >= 11 is 0. The van der Waals surface area contributed by atoms with Gasteiger partial charge in [-0.1, -0.05) is 0 Å². The van der Waals surface area contributed by atoms with E-state index in [1.54, 1.807) is 6.07 Å². The number of rotatable bonds is 1. The van der Waals surface area contributed by atoms with Crippen molar-refractivity contribution in [1.82, 2.24) is 4.98 Å². The zero-order valence-corrected chi connectivity index (χ0v) is 11.1. The van der Waals surface area contributed by atoms with E-state index in [4.69, 9.17) is 11.0 Å². The molecular weight excluding hydrogens is 324 g/mol. The number of pyridine rings is 1. The SMILES string of the molecule is N#Cc1nc(-c2cc(C(F)(F)F)cc(C(F)(F)F)c2)ccc1N. The van der Waals surface area contributed by atoms with Crippen molar-refractivity contribution in [3.8, 4) is 17.3 Å². The Bertz CT molecular complexity index is 754. The lowest BCUT2D eigenvalue weighted by Crippen LogP contribution is -2.11. The maximum absolute atomic E-state index is 12.8. The minimum absolute atomic E-state index is 0.0198. The van der Waals surface area contributed by atoms with Crippen LogP contribution in [0.4, 0.5) is 32.0 Å². The van der Waals surface area contributed by atoms with E-state index in [1.807, 2.05) is 0 Å². The van der Waals surface area contributed by atoms with Gasteiger partial charge >= 0.3 is 12.4 Å². The molecule has 0 amide bonds. The van der Waals surface area contributed by atoms with Crippen LogP contribution in [-0.4, -0.2) is 4.98 Å². The van der Waals surface area contributed by atoms with E-state index in [1.165, 1.54) is 6.07 Å². The Labute approximate surface area is 126 Å². The molecule has 0 aliphatic rings. The van der Waals surface area contributed by atoms with Gasteiger partial charge in [-0.15, -0.1) is 0 Å². The van der Waals surface area contributed by atoms with Crippen LogP contribution in [0.1, 0.15) is 16.8 Å². The first kappa shape index (κ1) is 16.6. The minimum atomic E-state index is -4.96. The van der Waals surface area contributed by atoms with Crippen LogP contribution in [0.5, 0.6) is 0 Å². The summed E-state index contributed by atoms with van der Waals surface area (Å²) < 4.78 is 76.8. The first-order valence-electron chi connectivity index (χ1n) is 5.99. The van der Waals surface area contributed by atoms with Gasteiger partial charge < -0.3 is 5.73 Å². The number of halogens is 6. The molecule has 0 radical (unpaired) electrons. The van der Waals surface area contributed by atoms with Crippen LogP contribution < -0.4 is 5.73 Å². The quantitative estimate of drug-likeness (QED) is 0.795. The summed E-state index contributed by atoms with van der Waals surface area (Å²) in [7, 11) is 0. The molecule has 0 atom stereocenters. The van der Waals surface area contributed by atoms with Crippen molar-refractivity contribution in [2.24, 2.45) is 0 Å². The monoisotopic (exact) mass is 331 g/mol. The molecule has 0 saturated carbocycles. The number of hydrogen-bond donors (Lipinski definition) is 1. The van der Waals surface area contributed by atoms with Gasteiger partial charge in [-0.05, 0) is 30.3 Å². The van der Waals surface area contributed by atoms with Crippen molar-refractivity contribution < 1.29 is 26.3 Å². The fourth-order valence-corrected chi connectivity index (χ4v) is 1.82. The van der Waals surface area contributed by atoms with Crippen molar-refractivity contribution in [1.29, 1.82) is 5.26 Å². The number of anilines is 1. The molecule has 2 N–H and O–H groups in total. The minimum Gasteiger partial charge on any atom is -0.396 e. The lowest BCUT2D eigenvalue weighted by Gasteiger charge is -2.14. The molecule has 0 saturated heterocycles. The molecular formula is C14H7F6N3. The van der Waals surface area contributed by atoms with E-state index in [0.29, 0.717) is 12.1 Å². The lowest BCUT2D eigenvalue weighted by molar-refractivity contribution is -0.143. The number of hydrogen-bond acceptors (Lipinski definition) is 3. The van der Waals surface area contributed by atoms with Crippen molar-refractivity contribution in [3.63, 3.8) is 0 Å². The molecule has 2 rings (SSSR count). The average Bonchev–Trinajstić information content (AvgIpc) is 2.45. The number of nitrogens with two attached hydrogens (primary N) is 1. The Balaban J connectivity index is 2.70. The maximum atomic E-state index is 12.8. The normalized spacial score (nSPS) is 12.0. The first-order chi connectivity index (χ1) is 10.5. The number of nitrogen functional groups attached to an aromatic ring is 1. The summed E-state index contributed by atoms with van der Waals surface area (Å²) in [4.78, 5) is 3.69. The molecule has 0 spiro atoms. The number of nitriles is 1. The fourth-order valence-electron chi connectivity index (χ4n) is 1.82. The standard InChI is InChI=1S/C14H7F6N3/c15-13(16,17)8-3-7(4-9(5-8)14(18,19)20)11-2-1-10(22)12(6-21)23-11/h1-5H,22H2. The molecule has 23 heavy (non-hydrogen) atoms. The predicted octanol–water partition coefficient (Wildman–Crippen LogP) is 4.24. The second-order valence-electron chi connectivity index (χ2n) is 4.54. The third kappa shape index (κ3) is 3.53. The maximum Gasteiger partial charge on any atom is 0.416 e. The van der Waals surface area contributed by atoms with E-state index < -0.39 is 29.0 Å². The Hall–Kier alpha value is -2.76. The van der Waals surface area contributed by atoms with Crippen LogP contribution in [0.25, 0.3) is 11.3 Å². The van der Waals surface area contributed by atoms with Crippen LogP contribution in [0.15, 0.2) is 30.3 Å². The molecule has 0 unspecified atom stereocenters. The molecule has 0 aliphatic carbocycles. The van der Waals surface area contributed by atoms with Crippen LogP contribution in [0.3, 0.4) is 0 Å². The third-order valence-electron chi connectivity index (χ3n) is 2.92. The van der Waals surface area contributed by atoms with Crippen molar-refractivity contribution in [3.05, 3.63) is 47.2 Å². The topological polar surface area (TPSA) is 62.7 Å². The number of alkyl halides is 6. The Morgan fingerprint density at radius 3 is 1.87 bits per heavy atom. The summed E-state index contributed by atoms with van der Waals surface area (Å²) in [6.45, 7) is 0. The summed E-state index contributed by atoms with van der Waals surface area (Å²) in [5, 5.41) is 8.80. The Kier molecular flexibility index (Phi) is 3.94. The molecule has 0 aliphatic heterocycles. The van der Waals surface area contributed by atoms with Gasteiger partial charge in [-0.3, -0.25) is 0 Å². The molecule has 2 aromatic rings. The molecule has 120 valence electrons. The lowest BCUT2D eigenvalue weighted by atomic mass is 10.0. The van der Waals surface area contributed by atoms with Gasteiger partial charge in [0.05, 0.1) is 22.5 Å². The van der Waals surface area contributed by atoms with Gasteiger partial charge in [0.25, 0.3) is 0 Å². The highest BCUT2D eigenvalue weighted by Crippen LogP contribution is 2.38. The Morgan fingerprint density at radius 1 is 0.913 bits per heavy atom. The molecule has 0 fully saturated rings. The highest BCUT2D eigenvalue weighted by atomic mass is 19.4. The molecule has 3 nitrogen and oxygen atoms in total. The second-order valence-corrected chi connectivity index (χ2v) is 4.54. The third-order valence-corrected chi connectivity index (χ3v) is 2.92. The number of nitrogens with zero attached hydrogens (tertiary/aromatic N) is 2. The van der Waals surface area contributed by atoms with E-state index in [9.17, 15) is 26.3 Å². The molecule has 1 aromatic carbocycles. The smallest absolute Gasteiger partial charge is 0.396 e. The van der Waals surface area contributed by atoms with Gasteiger partial charge in [0.2, 0.25) is 0 Å². The predicted molar refractivity (Wildman–Crippen MR) is 68.8 cm³/mol. The largest absolute Gasteiger partial charge is 0.416 e. The van der Waals surface area contributed by atoms with E-state index in [2.05, 4.69) is 4.98 Å². The zero-order valence-electron chi connectivity index (χ0n) is 11.1. The van der Waals surface area contributed by atoms with Gasteiger partial charge in [-0.2, -0.15) is 31.6 Å². The molecule has 9 heteroatoms.